The number of amides is 1. The molecule has 3 aromatic rings. The first-order valence-corrected chi connectivity index (χ1v) is 9.15. The second-order valence-corrected chi connectivity index (χ2v) is 7.11. The van der Waals surface area contributed by atoms with Crippen LogP contribution >= 0.6 is 11.3 Å². The molecule has 0 fully saturated rings. The Morgan fingerprint density at radius 2 is 2.20 bits per heavy atom. The van der Waals surface area contributed by atoms with Crippen LogP contribution in [0.4, 0.5) is 0 Å². The van der Waals surface area contributed by atoms with Crippen molar-refractivity contribution in [1.29, 1.82) is 0 Å². The summed E-state index contributed by atoms with van der Waals surface area (Å²) in [7, 11) is 0. The van der Waals surface area contributed by atoms with Gasteiger partial charge in [0.1, 0.15) is 5.76 Å². The van der Waals surface area contributed by atoms with E-state index in [1.165, 1.54) is 11.1 Å². The van der Waals surface area contributed by atoms with Crippen LogP contribution in [0, 0.1) is 6.92 Å². The molecule has 0 bridgehead atoms. The number of benzene rings is 1. The fourth-order valence-corrected chi connectivity index (χ4v) is 3.62. The van der Waals surface area contributed by atoms with E-state index < -0.39 is 0 Å². The number of aromatic nitrogens is 1. The minimum absolute atomic E-state index is 0.0484. The molecule has 1 aromatic carbocycles. The summed E-state index contributed by atoms with van der Waals surface area (Å²) in [6, 6.07) is 10.3. The smallest absolute Gasteiger partial charge is 0.236 e. The van der Waals surface area contributed by atoms with E-state index in [2.05, 4.69) is 33.8 Å². The fourth-order valence-electron chi connectivity index (χ4n) is 2.97. The SMILES string of the molecule is Cc1oc(-c2cccs2)nc1CC(=O)NCc1ccc2c(c1)CNC2. The Morgan fingerprint density at radius 3 is 3.04 bits per heavy atom. The minimum Gasteiger partial charge on any atom is -0.440 e. The first-order valence-electron chi connectivity index (χ1n) is 8.27. The second kappa shape index (κ2) is 6.82. The van der Waals surface area contributed by atoms with Gasteiger partial charge in [-0.2, -0.15) is 0 Å². The molecular weight excluding hydrogens is 334 g/mol. The van der Waals surface area contributed by atoms with Gasteiger partial charge in [-0.1, -0.05) is 24.3 Å². The number of hydrogen-bond acceptors (Lipinski definition) is 5. The first-order chi connectivity index (χ1) is 12.2. The van der Waals surface area contributed by atoms with Crippen molar-refractivity contribution in [2.24, 2.45) is 0 Å². The number of fused-ring (bicyclic) bond motifs is 1. The van der Waals surface area contributed by atoms with E-state index in [9.17, 15) is 4.79 Å². The molecule has 0 saturated carbocycles. The number of hydrogen-bond donors (Lipinski definition) is 2. The maximum atomic E-state index is 12.3. The van der Waals surface area contributed by atoms with Crippen molar-refractivity contribution in [3.05, 3.63) is 63.9 Å². The monoisotopic (exact) mass is 353 g/mol. The van der Waals surface area contributed by atoms with Gasteiger partial charge in [-0.05, 0) is 35.1 Å². The lowest BCUT2D eigenvalue weighted by Gasteiger charge is -2.06. The highest BCUT2D eigenvalue weighted by Gasteiger charge is 2.15. The molecule has 0 atom stereocenters. The molecule has 2 N–H and O–H groups in total. The Bertz CT molecular complexity index is 900. The number of thiophene rings is 1. The van der Waals surface area contributed by atoms with Crippen molar-refractivity contribution in [2.45, 2.75) is 33.0 Å². The zero-order valence-electron chi connectivity index (χ0n) is 14.0. The molecule has 6 heteroatoms. The lowest BCUT2D eigenvalue weighted by molar-refractivity contribution is -0.120. The predicted molar refractivity (Wildman–Crippen MR) is 97.1 cm³/mol. The fraction of sp³-hybridized carbons (Fsp3) is 0.263. The summed E-state index contributed by atoms with van der Waals surface area (Å²) in [6.45, 7) is 4.21. The third kappa shape index (κ3) is 3.50. The summed E-state index contributed by atoms with van der Waals surface area (Å²) >= 11 is 1.57. The number of carbonyl (C=O) groups is 1. The molecule has 1 aliphatic heterocycles. The van der Waals surface area contributed by atoms with Crippen molar-refractivity contribution >= 4 is 17.2 Å². The molecule has 2 aromatic heterocycles. The van der Waals surface area contributed by atoms with Crippen LogP contribution in [0.25, 0.3) is 10.8 Å². The molecule has 25 heavy (non-hydrogen) atoms. The largest absolute Gasteiger partial charge is 0.440 e. The Morgan fingerprint density at radius 1 is 1.32 bits per heavy atom. The van der Waals surface area contributed by atoms with Crippen LogP contribution in [0.3, 0.4) is 0 Å². The second-order valence-electron chi connectivity index (χ2n) is 6.16. The van der Waals surface area contributed by atoms with E-state index in [1.807, 2.05) is 24.4 Å². The van der Waals surface area contributed by atoms with E-state index >= 15 is 0 Å². The number of nitrogens with one attached hydrogen (secondary N) is 2. The maximum Gasteiger partial charge on any atom is 0.236 e. The molecule has 128 valence electrons. The molecule has 3 heterocycles. The van der Waals surface area contributed by atoms with Gasteiger partial charge >= 0.3 is 0 Å². The first kappa shape index (κ1) is 16.1. The highest BCUT2D eigenvalue weighted by Crippen LogP contribution is 2.26. The topological polar surface area (TPSA) is 67.2 Å². The van der Waals surface area contributed by atoms with Gasteiger partial charge in [-0.3, -0.25) is 4.79 Å². The molecule has 0 unspecified atom stereocenters. The summed E-state index contributed by atoms with van der Waals surface area (Å²) in [5.74, 6) is 1.23. The van der Waals surface area contributed by atoms with E-state index in [0.717, 1.165) is 23.5 Å². The Balaban J connectivity index is 1.38. The van der Waals surface area contributed by atoms with Crippen molar-refractivity contribution in [2.75, 3.05) is 0 Å². The van der Waals surface area contributed by atoms with Gasteiger partial charge in [0.25, 0.3) is 0 Å². The Kier molecular flexibility index (Phi) is 4.38. The average molecular weight is 353 g/mol. The molecular formula is C19H19N3O2S. The molecule has 4 rings (SSSR count). The van der Waals surface area contributed by atoms with E-state index in [0.29, 0.717) is 23.9 Å². The zero-order chi connectivity index (χ0) is 17.2. The number of nitrogens with zero attached hydrogens (tertiary/aromatic N) is 1. The van der Waals surface area contributed by atoms with Crippen molar-refractivity contribution in [3.8, 4) is 10.8 Å². The third-order valence-electron chi connectivity index (χ3n) is 4.34. The standard InChI is InChI=1S/C19H19N3O2S/c1-12-16(22-19(24-12)17-3-2-6-25-17)8-18(23)21-9-13-4-5-14-10-20-11-15(14)7-13/h2-7,20H,8-11H2,1H3,(H,21,23). The molecule has 0 saturated heterocycles. The summed E-state index contributed by atoms with van der Waals surface area (Å²) < 4.78 is 5.69. The van der Waals surface area contributed by atoms with E-state index in [1.54, 1.807) is 11.3 Å². The predicted octanol–water partition coefficient (Wildman–Crippen LogP) is 3.17. The quantitative estimate of drug-likeness (QED) is 0.739. The average Bonchev–Trinajstić information content (AvgIpc) is 3.34. The van der Waals surface area contributed by atoms with Crippen LogP contribution in [-0.2, 0) is 30.8 Å². The highest BCUT2D eigenvalue weighted by atomic mass is 32.1. The number of oxazole rings is 1. The van der Waals surface area contributed by atoms with Crippen LogP contribution < -0.4 is 10.6 Å². The van der Waals surface area contributed by atoms with Gasteiger partial charge in [0.15, 0.2) is 0 Å². The third-order valence-corrected chi connectivity index (χ3v) is 5.20. The summed E-state index contributed by atoms with van der Waals surface area (Å²) in [5, 5.41) is 8.28. The molecule has 0 spiro atoms. The molecule has 1 amide bonds. The Hall–Kier alpha value is -2.44. The van der Waals surface area contributed by atoms with Gasteiger partial charge in [0.2, 0.25) is 11.8 Å². The molecule has 0 radical (unpaired) electrons. The van der Waals surface area contributed by atoms with Gasteiger partial charge in [-0.25, -0.2) is 4.98 Å². The van der Waals surface area contributed by atoms with Crippen LogP contribution in [0.15, 0.2) is 40.1 Å². The lowest BCUT2D eigenvalue weighted by atomic mass is 10.1. The summed E-state index contributed by atoms with van der Waals surface area (Å²) in [4.78, 5) is 17.7. The van der Waals surface area contributed by atoms with Gasteiger partial charge < -0.3 is 15.1 Å². The van der Waals surface area contributed by atoms with E-state index in [-0.39, 0.29) is 12.3 Å². The van der Waals surface area contributed by atoms with Crippen molar-refractivity contribution < 1.29 is 9.21 Å². The number of aryl methyl sites for hydroxylation is 1. The number of carbonyl (C=O) groups excluding carboxylic acids is 1. The Labute approximate surface area is 150 Å². The van der Waals surface area contributed by atoms with Gasteiger partial charge in [0, 0.05) is 19.6 Å². The van der Waals surface area contributed by atoms with E-state index in [4.69, 9.17) is 4.42 Å². The normalized spacial score (nSPS) is 13.0. The molecule has 5 nitrogen and oxygen atoms in total. The summed E-state index contributed by atoms with van der Waals surface area (Å²) in [6.07, 6.45) is 0.229. The van der Waals surface area contributed by atoms with Crippen LogP contribution in [0.2, 0.25) is 0 Å². The van der Waals surface area contributed by atoms with Crippen molar-refractivity contribution in [1.82, 2.24) is 15.6 Å². The van der Waals surface area contributed by atoms with Crippen molar-refractivity contribution in [3.63, 3.8) is 0 Å². The highest BCUT2D eigenvalue weighted by molar-refractivity contribution is 7.13. The maximum absolute atomic E-state index is 12.3. The lowest BCUT2D eigenvalue weighted by Crippen LogP contribution is -2.25. The van der Waals surface area contributed by atoms with Gasteiger partial charge in [0.05, 0.1) is 17.0 Å². The van der Waals surface area contributed by atoms with Crippen LogP contribution in [-0.4, -0.2) is 10.9 Å². The summed E-state index contributed by atoms with van der Waals surface area (Å²) in [5.41, 5.74) is 4.47. The van der Waals surface area contributed by atoms with Crippen LogP contribution in [0.5, 0.6) is 0 Å². The van der Waals surface area contributed by atoms with Gasteiger partial charge in [-0.15, -0.1) is 11.3 Å². The molecule has 1 aliphatic rings. The number of rotatable bonds is 5. The van der Waals surface area contributed by atoms with Crippen LogP contribution in [0.1, 0.15) is 28.1 Å². The minimum atomic E-state index is -0.0484. The molecule has 0 aliphatic carbocycles. The zero-order valence-corrected chi connectivity index (χ0v) is 14.8.